The van der Waals surface area contributed by atoms with Gasteiger partial charge in [-0.05, 0) is 49.2 Å². The molecule has 0 aliphatic heterocycles. The smallest absolute Gasteiger partial charge is 0.255 e. The SMILES string of the molecule is Cc1ccccc1CNC(=O)c1cnn(-c2ccc(F)cc2)c1C. The molecule has 1 heterocycles. The van der Waals surface area contributed by atoms with Crippen molar-refractivity contribution in [3.05, 3.63) is 82.9 Å². The van der Waals surface area contributed by atoms with Gasteiger partial charge in [-0.2, -0.15) is 5.10 Å². The Bertz CT molecular complexity index is 869. The summed E-state index contributed by atoms with van der Waals surface area (Å²) >= 11 is 0. The summed E-state index contributed by atoms with van der Waals surface area (Å²) in [6, 6.07) is 13.9. The Balaban J connectivity index is 1.76. The van der Waals surface area contributed by atoms with Crippen LogP contribution in [0.2, 0.25) is 0 Å². The molecule has 0 bridgehead atoms. The summed E-state index contributed by atoms with van der Waals surface area (Å²) in [6.07, 6.45) is 1.53. The summed E-state index contributed by atoms with van der Waals surface area (Å²) in [7, 11) is 0. The van der Waals surface area contributed by atoms with Crippen molar-refractivity contribution in [2.75, 3.05) is 0 Å². The molecule has 2 aromatic carbocycles. The van der Waals surface area contributed by atoms with E-state index in [9.17, 15) is 9.18 Å². The zero-order valence-electron chi connectivity index (χ0n) is 13.6. The van der Waals surface area contributed by atoms with Crippen LogP contribution in [0.1, 0.15) is 27.2 Å². The van der Waals surface area contributed by atoms with Gasteiger partial charge in [-0.1, -0.05) is 24.3 Å². The first kappa shape index (κ1) is 15.9. The van der Waals surface area contributed by atoms with Gasteiger partial charge in [0.2, 0.25) is 0 Å². The van der Waals surface area contributed by atoms with Crippen LogP contribution in [0.15, 0.2) is 54.7 Å². The minimum absolute atomic E-state index is 0.177. The van der Waals surface area contributed by atoms with Crippen molar-refractivity contribution in [1.29, 1.82) is 0 Å². The van der Waals surface area contributed by atoms with E-state index >= 15 is 0 Å². The van der Waals surface area contributed by atoms with Gasteiger partial charge < -0.3 is 5.32 Å². The van der Waals surface area contributed by atoms with Crippen molar-refractivity contribution in [2.24, 2.45) is 0 Å². The number of rotatable bonds is 4. The molecule has 0 spiro atoms. The molecule has 0 aliphatic rings. The van der Waals surface area contributed by atoms with Gasteiger partial charge in [-0.15, -0.1) is 0 Å². The lowest BCUT2D eigenvalue weighted by Gasteiger charge is -2.08. The Morgan fingerprint density at radius 1 is 1.12 bits per heavy atom. The number of carbonyl (C=O) groups excluding carboxylic acids is 1. The monoisotopic (exact) mass is 323 g/mol. The van der Waals surface area contributed by atoms with Crippen molar-refractivity contribution in [1.82, 2.24) is 15.1 Å². The zero-order valence-corrected chi connectivity index (χ0v) is 13.6. The molecule has 5 heteroatoms. The number of carbonyl (C=O) groups is 1. The number of nitrogens with zero attached hydrogens (tertiary/aromatic N) is 2. The van der Waals surface area contributed by atoms with Crippen molar-refractivity contribution >= 4 is 5.91 Å². The quantitative estimate of drug-likeness (QED) is 0.798. The number of amides is 1. The van der Waals surface area contributed by atoms with Crippen LogP contribution >= 0.6 is 0 Å². The maximum atomic E-state index is 13.0. The third-order valence-electron chi connectivity index (χ3n) is 4.03. The van der Waals surface area contributed by atoms with Gasteiger partial charge in [0.15, 0.2) is 0 Å². The lowest BCUT2D eigenvalue weighted by atomic mass is 10.1. The standard InChI is InChI=1S/C19H18FN3O/c1-13-5-3-4-6-15(13)11-21-19(24)18-12-22-23(14(18)2)17-9-7-16(20)8-10-17/h3-10,12H,11H2,1-2H3,(H,21,24). The number of halogens is 1. The topological polar surface area (TPSA) is 46.9 Å². The molecule has 1 amide bonds. The largest absolute Gasteiger partial charge is 0.348 e. The number of aromatic nitrogens is 2. The molecule has 1 aromatic heterocycles. The maximum absolute atomic E-state index is 13.0. The summed E-state index contributed by atoms with van der Waals surface area (Å²) in [5.74, 6) is -0.483. The van der Waals surface area contributed by atoms with Crippen molar-refractivity contribution < 1.29 is 9.18 Å². The summed E-state index contributed by atoms with van der Waals surface area (Å²) in [5.41, 5.74) is 4.15. The molecule has 0 saturated carbocycles. The van der Waals surface area contributed by atoms with Crippen LogP contribution in [0, 0.1) is 19.7 Å². The average molecular weight is 323 g/mol. The molecule has 0 fully saturated rings. The summed E-state index contributed by atoms with van der Waals surface area (Å²) in [6.45, 7) is 4.30. The zero-order chi connectivity index (χ0) is 17.1. The Labute approximate surface area is 139 Å². The average Bonchev–Trinajstić information content (AvgIpc) is 2.96. The lowest BCUT2D eigenvalue weighted by molar-refractivity contribution is 0.0950. The lowest BCUT2D eigenvalue weighted by Crippen LogP contribution is -2.23. The van der Waals surface area contributed by atoms with E-state index in [0.29, 0.717) is 23.5 Å². The van der Waals surface area contributed by atoms with E-state index in [1.54, 1.807) is 16.8 Å². The maximum Gasteiger partial charge on any atom is 0.255 e. The van der Waals surface area contributed by atoms with Gasteiger partial charge in [0.05, 0.1) is 23.1 Å². The molecular formula is C19H18FN3O. The fraction of sp³-hybridized carbons (Fsp3) is 0.158. The second-order valence-corrected chi connectivity index (χ2v) is 5.64. The van der Waals surface area contributed by atoms with Crippen molar-refractivity contribution in [3.63, 3.8) is 0 Å². The second-order valence-electron chi connectivity index (χ2n) is 5.64. The van der Waals surface area contributed by atoms with Gasteiger partial charge in [-0.3, -0.25) is 4.79 Å². The molecule has 24 heavy (non-hydrogen) atoms. The van der Waals surface area contributed by atoms with Gasteiger partial charge in [0, 0.05) is 6.54 Å². The molecular weight excluding hydrogens is 305 g/mol. The van der Waals surface area contributed by atoms with E-state index in [-0.39, 0.29) is 11.7 Å². The normalized spacial score (nSPS) is 10.6. The number of hydrogen-bond donors (Lipinski definition) is 1. The Hall–Kier alpha value is -2.95. The molecule has 3 rings (SSSR count). The molecule has 0 radical (unpaired) electrons. The Morgan fingerprint density at radius 3 is 2.54 bits per heavy atom. The fourth-order valence-electron chi connectivity index (χ4n) is 2.55. The van der Waals surface area contributed by atoms with Crippen LogP contribution in [0.25, 0.3) is 5.69 Å². The first-order chi connectivity index (χ1) is 11.6. The van der Waals surface area contributed by atoms with E-state index in [0.717, 1.165) is 11.1 Å². The van der Waals surface area contributed by atoms with Crippen LogP contribution in [0.4, 0.5) is 4.39 Å². The Morgan fingerprint density at radius 2 is 1.83 bits per heavy atom. The van der Waals surface area contributed by atoms with E-state index < -0.39 is 0 Å². The van der Waals surface area contributed by atoms with Crippen molar-refractivity contribution in [3.8, 4) is 5.69 Å². The minimum Gasteiger partial charge on any atom is -0.348 e. The van der Waals surface area contributed by atoms with Crippen LogP contribution in [-0.4, -0.2) is 15.7 Å². The molecule has 3 aromatic rings. The van der Waals surface area contributed by atoms with Crippen LogP contribution in [-0.2, 0) is 6.54 Å². The highest BCUT2D eigenvalue weighted by molar-refractivity contribution is 5.95. The predicted molar refractivity (Wildman–Crippen MR) is 90.6 cm³/mol. The number of hydrogen-bond acceptors (Lipinski definition) is 2. The number of nitrogens with one attached hydrogen (secondary N) is 1. The van der Waals surface area contributed by atoms with Gasteiger partial charge >= 0.3 is 0 Å². The van der Waals surface area contributed by atoms with E-state index in [1.165, 1.54) is 18.3 Å². The van der Waals surface area contributed by atoms with E-state index in [2.05, 4.69) is 10.4 Å². The summed E-state index contributed by atoms with van der Waals surface area (Å²) < 4.78 is 14.7. The van der Waals surface area contributed by atoms with Gasteiger partial charge in [0.1, 0.15) is 5.82 Å². The molecule has 0 unspecified atom stereocenters. The number of aryl methyl sites for hydroxylation is 1. The highest BCUT2D eigenvalue weighted by Crippen LogP contribution is 2.15. The van der Waals surface area contributed by atoms with Gasteiger partial charge in [0.25, 0.3) is 5.91 Å². The first-order valence-electron chi connectivity index (χ1n) is 7.69. The van der Waals surface area contributed by atoms with E-state index in [1.807, 2.05) is 38.1 Å². The molecule has 0 saturated heterocycles. The fourth-order valence-corrected chi connectivity index (χ4v) is 2.55. The second kappa shape index (κ2) is 6.66. The summed E-state index contributed by atoms with van der Waals surface area (Å²) in [4.78, 5) is 12.4. The molecule has 4 nitrogen and oxygen atoms in total. The molecule has 0 aliphatic carbocycles. The van der Waals surface area contributed by atoms with Crippen LogP contribution in [0.3, 0.4) is 0 Å². The van der Waals surface area contributed by atoms with Crippen molar-refractivity contribution in [2.45, 2.75) is 20.4 Å². The summed E-state index contributed by atoms with van der Waals surface area (Å²) in [5, 5.41) is 7.16. The minimum atomic E-state index is -0.306. The predicted octanol–water partition coefficient (Wildman–Crippen LogP) is 3.56. The Kier molecular flexibility index (Phi) is 4.42. The number of benzene rings is 2. The highest BCUT2D eigenvalue weighted by atomic mass is 19.1. The third kappa shape index (κ3) is 3.20. The van der Waals surface area contributed by atoms with E-state index in [4.69, 9.17) is 0 Å². The first-order valence-corrected chi connectivity index (χ1v) is 7.69. The van der Waals surface area contributed by atoms with Crippen LogP contribution in [0.5, 0.6) is 0 Å². The molecule has 0 atom stereocenters. The third-order valence-corrected chi connectivity index (χ3v) is 4.03. The highest BCUT2D eigenvalue weighted by Gasteiger charge is 2.15. The molecule has 1 N–H and O–H groups in total. The molecule has 122 valence electrons. The van der Waals surface area contributed by atoms with Crippen LogP contribution < -0.4 is 5.32 Å². The van der Waals surface area contributed by atoms with Gasteiger partial charge in [-0.25, -0.2) is 9.07 Å².